The quantitative estimate of drug-likeness (QED) is 0.409. The topological polar surface area (TPSA) is 58.1 Å². The fourth-order valence-corrected chi connectivity index (χ4v) is 4.71. The van der Waals surface area contributed by atoms with E-state index >= 15 is 0 Å². The first-order valence-electron chi connectivity index (χ1n) is 12.2. The number of hydrogen-bond donors (Lipinski definition) is 1. The zero-order valence-electron chi connectivity index (χ0n) is 19.7. The molecule has 0 bridgehead atoms. The summed E-state index contributed by atoms with van der Waals surface area (Å²) in [6.45, 7) is 3.69. The van der Waals surface area contributed by atoms with Crippen LogP contribution in [0.5, 0.6) is 0 Å². The molecule has 1 aliphatic rings. The molecular weight excluding hydrogens is 439 g/mol. The molecular formula is C29H29FN4O. The van der Waals surface area contributed by atoms with Gasteiger partial charge in [0.15, 0.2) is 0 Å². The van der Waals surface area contributed by atoms with E-state index in [1.807, 2.05) is 54.6 Å². The summed E-state index contributed by atoms with van der Waals surface area (Å²) in [5.74, 6) is 0.212. The van der Waals surface area contributed by atoms with Crippen LogP contribution in [-0.2, 0) is 6.42 Å². The maximum atomic E-state index is 13.2. The average Bonchev–Trinajstić information content (AvgIpc) is 2.92. The highest BCUT2D eigenvalue weighted by Gasteiger charge is 2.21. The number of aromatic nitrogens is 2. The third-order valence-electron chi connectivity index (χ3n) is 6.81. The molecule has 0 unspecified atom stereocenters. The number of amides is 1. The van der Waals surface area contributed by atoms with E-state index in [9.17, 15) is 9.18 Å². The summed E-state index contributed by atoms with van der Waals surface area (Å²) >= 11 is 0. The minimum absolute atomic E-state index is 0.0625. The van der Waals surface area contributed by atoms with E-state index in [4.69, 9.17) is 4.98 Å². The second-order valence-corrected chi connectivity index (χ2v) is 9.19. The summed E-state index contributed by atoms with van der Waals surface area (Å²) in [5, 5.41) is 4.04. The van der Waals surface area contributed by atoms with Crippen molar-refractivity contribution >= 4 is 16.8 Å². The number of halogens is 1. The van der Waals surface area contributed by atoms with E-state index in [-0.39, 0.29) is 11.7 Å². The Balaban J connectivity index is 1.18. The normalized spacial score (nSPS) is 14.8. The highest BCUT2D eigenvalue weighted by Crippen LogP contribution is 2.25. The molecule has 5 rings (SSSR count). The maximum absolute atomic E-state index is 13.2. The molecule has 35 heavy (non-hydrogen) atoms. The van der Waals surface area contributed by atoms with Crippen molar-refractivity contribution in [3.63, 3.8) is 0 Å². The summed E-state index contributed by atoms with van der Waals surface area (Å²) in [4.78, 5) is 24.6. The Morgan fingerprint density at radius 3 is 2.60 bits per heavy atom. The molecule has 4 aromatic rings. The zero-order chi connectivity index (χ0) is 24.0. The van der Waals surface area contributed by atoms with Gasteiger partial charge in [-0.3, -0.25) is 9.78 Å². The van der Waals surface area contributed by atoms with Crippen LogP contribution in [0.4, 0.5) is 4.39 Å². The lowest BCUT2D eigenvalue weighted by molar-refractivity contribution is 0.0938. The number of fused-ring (bicyclic) bond motifs is 1. The first-order valence-corrected chi connectivity index (χ1v) is 12.2. The standard InChI is InChI=1S/C29H29FN4O/c30-24-9-7-21(8-10-24)11-15-34-16-12-22(13-17-34)19-32-29(35)26-18-28(23-4-3-14-31-20-23)33-27-6-2-1-5-25(26)27/h1-10,14,18,20,22H,11-13,15-17,19H2,(H,32,35). The van der Waals surface area contributed by atoms with Crippen molar-refractivity contribution in [1.82, 2.24) is 20.2 Å². The molecule has 6 heteroatoms. The third kappa shape index (κ3) is 5.72. The van der Waals surface area contributed by atoms with Gasteiger partial charge < -0.3 is 10.2 Å². The molecule has 1 N–H and O–H groups in total. The van der Waals surface area contributed by atoms with Crippen molar-refractivity contribution in [2.24, 2.45) is 5.92 Å². The van der Waals surface area contributed by atoms with Gasteiger partial charge in [-0.15, -0.1) is 0 Å². The molecule has 2 aromatic carbocycles. The second-order valence-electron chi connectivity index (χ2n) is 9.19. The number of pyridine rings is 2. The van der Waals surface area contributed by atoms with Crippen molar-refractivity contribution in [3.8, 4) is 11.3 Å². The Morgan fingerprint density at radius 1 is 1.03 bits per heavy atom. The van der Waals surface area contributed by atoms with Gasteiger partial charge in [0, 0.05) is 36.4 Å². The molecule has 0 aliphatic carbocycles. The number of rotatable bonds is 7. The fourth-order valence-electron chi connectivity index (χ4n) is 4.71. The predicted octanol–water partition coefficient (Wildman–Crippen LogP) is 5.12. The Morgan fingerprint density at radius 2 is 1.83 bits per heavy atom. The molecule has 5 nitrogen and oxygen atoms in total. The number of hydrogen-bond acceptors (Lipinski definition) is 4. The number of benzene rings is 2. The lowest BCUT2D eigenvalue weighted by atomic mass is 9.96. The predicted molar refractivity (Wildman–Crippen MR) is 137 cm³/mol. The number of carbonyl (C=O) groups is 1. The van der Waals surface area contributed by atoms with Gasteiger partial charge in [0.25, 0.3) is 5.91 Å². The van der Waals surface area contributed by atoms with E-state index < -0.39 is 0 Å². The Hall–Kier alpha value is -3.64. The van der Waals surface area contributed by atoms with Gasteiger partial charge in [-0.25, -0.2) is 9.37 Å². The molecule has 3 heterocycles. The van der Waals surface area contributed by atoms with Gasteiger partial charge >= 0.3 is 0 Å². The second kappa shape index (κ2) is 10.7. The van der Waals surface area contributed by atoms with Crippen LogP contribution >= 0.6 is 0 Å². The summed E-state index contributed by atoms with van der Waals surface area (Å²) in [6, 6.07) is 20.2. The molecule has 0 radical (unpaired) electrons. The highest BCUT2D eigenvalue weighted by atomic mass is 19.1. The largest absolute Gasteiger partial charge is 0.352 e. The lowest BCUT2D eigenvalue weighted by Gasteiger charge is -2.32. The van der Waals surface area contributed by atoms with Gasteiger partial charge in [-0.1, -0.05) is 30.3 Å². The van der Waals surface area contributed by atoms with E-state index in [1.165, 1.54) is 12.1 Å². The minimum Gasteiger partial charge on any atom is -0.352 e. The van der Waals surface area contributed by atoms with Gasteiger partial charge in [0.05, 0.1) is 16.8 Å². The molecule has 0 atom stereocenters. The van der Waals surface area contributed by atoms with Crippen molar-refractivity contribution < 1.29 is 9.18 Å². The molecule has 1 fully saturated rings. The molecule has 2 aromatic heterocycles. The van der Waals surface area contributed by atoms with Crippen molar-refractivity contribution in [1.29, 1.82) is 0 Å². The molecule has 1 aliphatic heterocycles. The molecule has 178 valence electrons. The first kappa shape index (κ1) is 23.1. The van der Waals surface area contributed by atoms with Gasteiger partial charge in [0.1, 0.15) is 5.82 Å². The first-order chi connectivity index (χ1) is 17.2. The van der Waals surface area contributed by atoms with Crippen LogP contribution in [-0.4, -0.2) is 47.0 Å². The van der Waals surface area contributed by atoms with E-state index in [0.717, 1.165) is 66.6 Å². The van der Waals surface area contributed by atoms with E-state index in [2.05, 4.69) is 15.2 Å². The number of para-hydroxylation sites is 1. The monoisotopic (exact) mass is 468 g/mol. The number of nitrogens with one attached hydrogen (secondary N) is 1. The zero-order valence-corrected chi connectivity index (χ0v) is 19.7. The molecule has 1 saturated heterocycles. The van der Waals surface area contributed by atoms with Crippen molar-refractivity contribution in [2.45, 2.75) is 19.3 Å². The summed E-state index contributed by atoms with van der Waals surface area (Å²) in [5.41, 5.74) is 4.24. The van der Waals surface area contributed by atoms with E-state index in [0.29, 0.717) is 18.0 Å². The molecule has 1 amide bonds. The number of nitrogens with zero attached hydrogens (tertiary/aromatic N) is 3. The highest BCUT2D eigenvalue weighted by molar-refractivity contribution is 6.07. The summed E-state index contributed by atoms with van der Waals surface area (Å²) in [7, 11) is 0. The van der Waals surface area contributed by atoms with Crippen molar-refractivity contribution in [3.05, 3.63) is 96.1 Å². The average molecular weight is 469 g/mol. The van der Waals surface area contributed by atoms with Gasteiger partial charge in [-0.05, 0) is 80.2 Å². The number of likely N-dealkylation sites (tertiary alicyclic amines) is 1. The Labute approximate surface area is 205 Å². The van der Waals surface area contributed by atoms with Crippen LogP contribution < -0.4 is 5.32 Å². The Kier molecular flexibility index (Phi) is 7.09. The maximum Gasteiger partial charge on any atom is 0.252 e. The van der Waals surface area contributed by atoms with Crippen LogP contribution in [0.15, 0.2) is 79.1 Å². The van der Waals surface area contributed by atoms with Crippen LogP contribution in [0.1, 0.15) is 28.8 Å². The van der Waals surface area contributed by atoms with Gasteiger partial charge in [-0.2, -0.15) is 0 Å². The smallest absolute Gasteiger partial charge is 0.252 e. The summed E-state index contributed by atoms with van der Waals surface area (Å²) < 4.78 is 13.1. The molecule has 0 saturated carbocycles. The van der Waals surface area contributed by atoms with Crippen molar-refractivity contribution in [2.75, 3.05) is 26.2 Å². The minimum atomic E-state index is -0.190. The molecule has 0 spiro atoms. The van der Waals surface area contributed by atoms with E-state index in [1.54, 1.807) is 12.4 Å². The third-order valence-corrected chi connectivity index (χ3v) is 6.81. The van der Waals surface area contributed by atoms with Crippen LogP contribution in [0.25, 0.3) is 22.2 Å². The lowest BCUT2D eigenvalue weighted by Crippen LogP contribution is -2.39. The fraction of sp³-hybridized carbons (Fsp3) is 0.276. The van der Waals surface area contributed by atoms with Crippen LogP contribution in [0.2, 0.25) is 0 Å². The van der Waals surface area contributed by atoms with Crippen LogP contribution in [0.3, 0.4) is 0 Å². The Bertz CT molecular complexity index is 1290. The van der Waals surface area contributed by atoms with Crippen LogP contribution in [0, 0.1) is 11.7 Å². The SMILES string of the molecule is O=C(NCC1CCN(CCc2ccc(F)cc2)CC1)c1cc(-c2cccnc2)nc2ccccc12. The number of piperidine rings is 1. The number of carbonyl (C=O) groups excluding carboxylic acids is 1. The van der Waals surface area contributed by atoms with Gasteiger partial charge in [0.2, 0.25) is 0 Å². The summed E-state index contributed by atoms with van der Waals surface area (Å²) in [6.07, 6.45) is 6.54.